The molecule has 1 aliphatic heterocycles. The molecule has 0 saturated carbocycles. The first-order chi connectivity index (χ1) is 5.52. The van der Waals surface area contributed by atoms with Crippen LogP contribution in [0.3, 0.4) is 0 Å². The first-order valence-electron chi connectivity index (χ1n) is 4.95. The van der Waals surface area contributed by atoms with Crippen molar-refractivity contribution in [3.63, 3.8) is 0 Å². The van der Waals surface area contributed by atoms with Crippen LogP contribution in [0.2, 0.25) is 0 Å². The lowest BCUT2D eigenvalue weighted by atomic mass is 10.1. The zero-order valence-corrected chi connectivity index (χ0v) is 9.02. The molecule has 1 rings (SSSR count). The number of allylic oxidation sites excluding steroid dienone is 2. The predicted molar refractivity (Wildman–Crippen MR) is 54.0 cm³/mol. The maximum Gasteiger partial charge on any atom is 0.0230 e. The van der Waals surface area contributed by atoms with Crippen LogP contribution in [0.25, 0.3) is 0 Å². The van der Waals surface area contributed by atoms with Crippen molar-refractivity contribution in [1.29, 1.82) is 0 Å². The Labute approximate surface area is 76.5 Å². The van der Waals surface area contributed by atoms with Crippen LogP contribution in [0.1, 0.15) is 41.0 Å². The van der Waals surface area contributed by atoms with Crippen molar-refractivity contribution in [1.82, 2.24) is 4.90 Å². The molecule has 12 heavy (non-hydrogen) atoms. The van der Waals surface area contributed by atoms with E-state index in [2.05, 4.69) is 39.5 Å². The minimum atomic E-state index is 0.667. The van der Waals surface area contributed by atoms with Gasteiger partial charge in [-0.25, -0.2) is 0 Å². The molecule has 1 nitrogen and oxygen atoms in total. The number of hydrogen-bond donors (Lipinski definition) is 0. The average molecular weight is 167 g/mol. The van der Waals surface area contributed by atoms with E-state index in [1.807, 2.05) is 0 Å². The lowest BCUT2D eigenvalue weighted by molar-refractivity contribution is 0.306. The van der Waals surface area contributed by atoms with Crippen LogP contribution >= 0.6 is 0 Å². The van der Waals surface area contributed by atoms with E-state index in [4.69, 9.17) is 0 Å². The molecule has 0 aromatic rings. The Morgan fingerprint density at radius 2 is 2.00 bits per heavy atom. The Morgan fingerprint density at radius 1 is 1.42 bits per heavy atom. The third-order valence-corrected chi connectivity index (χ3v) is 2.60. The maximum absolute atomic E-state index is 2.54. The van der Waals surface area contributed by atoms with Gasteiger partial charge >= 0.3 is 0 Å². The van der Waals surface area contributed by atoms with Crippen molar-refractivity contribution in [2.75, 3.05) is 6.54 Å². The fourth-order valence-corrected chi connectivity index (χ4v) is 1.97. The van der Waals surface area contributed by atoms with Crippen LogP contribution in [-0.4, -0.2) is 17.5 Å². The van der Waals surface area contributed by atoms with Crippen molar-refractivity contribution in [3.8, 4) is 0 Å². The topological polar surface area (TPSA) is 3.24 Å². The van der Waals surface area contributed by atoms with Crippen LogP contribution in [0, 0.1) is 5.92 Å². The van der Waals surface area contributed by atoms with E-state index in [0.717, 1.165) is 5.92 Å². The largest absolute Gasteiger partial charge is 0.372 e. The standard InChI is InChI=1S/C11H21N/c1-8(2)11-6-10(5)7-12(11)9(3)4/h9-10H,6-7H2,1-5H3/t10-/m0/s1. The van der Waals surface area contributed by atoms with Crippen molar-refractivity contribution >= 4 is 0 Å². The molecule has 1 heterocycles. The van der Waals surface area contributed by atoms with E-state index in [0.29, 0.717) is 6.04 Å². The summed E-state index contributed by atoms with van der Waals surface area (Å²) >= 11 is 0. The third-order valence-electron chi connectivity index (χ3n) is 2.60. The van der Waals surface area contributed by atoms with E-state index < -0.39 is 0 Å². The summed E-state index contributed by atoms with van der Waals surface area (Å²) in [7, 11) is 0. The van der Waals surface area contributed by atoms with Gasteiger partial charge in [0.25, 0.3) is 0 Å². The Kier molecular flexibility index (Phi) is 2.81. The molecule has 0 unspecified atom stereocenters. The molecule has 0 amide bonds. The zero-order chi connectivity index (χ0) is 9.30. The maximum atomic E-state index is 2.54. The van der Waals surface area contributed by atoms with Crippen LogP contribution in [-0.2, 0) is 0 Å². The molecule has 70 valence electrons. The molecule has 1 atom stereocenters. The minimum absolute atomic E-state index is 0.667. The number of likely N-dealkylation sites (tertiary alicyclic amines) is 1. The van der Waals surface area contributed by atoms with Gasteiger partial charge < -0.3 is 4.90 Å². The van der Waals surface area contributed by atoms with Gasteiger partial charge in [-0.05, 0) is 40.0 Å². The second kappa shape index (κ2) is 3.51. The second-order valence-corrected chi connectivity index (χ2v) is 4.50. The molecule has 0 spiro atoms. The van der Waals surface area contributed by atoms with Crippen LogP contribution < -0.4 is 0 Å². The molecular weight excluding hydrogens is 146 g/mol. The van der Waals surface area contributed by atoms with Gasteiger partial charge in [0.05, 0.1) is 0 Å². The molecule has 1 aliphatic rings. The highest BCUT2D eigenvalue weighted by Gasteiger charge is 2.25. The highest BCUT2D eigenvalue weighted by atomic mass is 15.2. The van der Waals surface area contributed by atoms with Crippen molar-refractivity contribution < 1.29 is 0 Å². The zero-order valence-electron chi connectivity index (χ0n) is 9.02. The molecule has 1 heteroatoms. The van der Waals surface area contributed by atoms with E-state index in [9.17, 15) is 0 Å². The first kappa shape index (κ1) is 9.63. The van der Waals surface area contributed by atoms with Crippen molar-refractivity contribution in [3.05, 3.63) is 11.3 Å². The van der Waals surface area contributed by atoms with Gasteiger partial charge in [0.15, 0.2) is 0 Å². The smallest absolute Gasteiger partial charge is 0.0230 e. The summed E-state index contributed by atoms with van der Waals surface area (Å²) in [6.07, 6.45) is 1.28. The van der Waals surface area contributed by atoms with Gasteiger partial charge in [0.1, 0.15) is 0 Å². The van der Waals surface area contributed by atoms with Gasteiger partial charge in [-0.2, -0.15) is 0 Å². The fourth-order valence-electron chi connectivity index (χ4n) is 1.97. The lowest BCUT2D eigenvalue weighted by Crippen LogP contribution is -2.27. The van der Waals surface area contributed by atoms with Crippen molar-refractivity contribution in [2.45, 2.75) is 47.1 Å². The van der Waals surface area contributed by atoms with Gasteiger partial charge in [0, 0.05) is 18.3 Å². The van der Waals surface area contributed by atoms with Crippen LogP contribution in [0.5, 0.6) is 0 Å². The Balaban J connectivity index is 2.80. The molecule has 0 aliphatic carbocycles. The molecular formula is C11H21N. The van der Waals surface area contributed by atoms with Gasteiger partial charge in [-0.15, -0.1) is 0 Å². The summed E-state index contributed by atoms with van der Waals surface area (Å²) in [5.41, 5.74) is 3.07. The van der Waals surface area contributed by atoms with Crippen LogP contribution in [0.4, 0.5) is 0 Å². The van der Waals surface area contributed by atoms with Gasteiger partial charge in [-0.3, -0.25) is 0 Å². The molecule has 1 saturated heterocycles. The molecule has 0 radical (unpaired) electrons. The van der Waals surface area contributed by atoms with Gasteiger partial charge in [0.2, 0.25) is 0 Å². The summed E-state index contributed by atoms with van der Waals surface area (Å²) in [5, 5.41) is 0. The molecule has 0 aromatic carbocycles. The number of nitrogens with zero attached hydrogens (tertiary/aromatic N) is 1. The highest BCUT2D eigenvalue weighted by molar-refractivity contribution is 5.14. The quantitative estimate of drug-likeness (QED) is 0.580. The normalized spacial score (nSPS) is 24.0. The lowest BCUT2D eigenvalue weighted by Gasteiger charge is -2.26. The second-order valence-electron chi connectivity index (χ2n) is 4.50. The number of hydrogen-bond acceptors (Lipinski definition) is 1. The summed E-state index contributed by atoms with van der Waals surface area (Å²) in [5.74, 6) is 0.845. The summed E-state index contributed by atoms with van der Waals surface area (Å²) in [6.45, 7) is 12.6. The van der Waals surface area contributed by atoms with Gasteiger partial charge in [-0.1, -0.05) is 12.5 Å². The Hall–Kier alpha value is -0.460. The van der Waals surface area contributed by atoms with Crippen LogP contribution in [0.15, 0.2) is 11.3 Å². The predicted octanol–water partition coefficient (Wildman–Crippen LogP) is 3.03. The molecule has 0 N–H and O–H groups in total. The first-order valence-corrected chi connectivity index (χ1v) is 4.95. The Morgan fingerprint density at radius 3 is 2.33 bits per heavy atom. The average Bonchev–Trinajstić information content (AvgIpc) is 2.31. The fraction of sp³-hybridized carbons (Fsp3) is 0.818. The van der Waals surface area contributed by atoms with E-state index in [1.54, 1.807) is 5.70 Å². The minimum Gasteiger partial charge on any atom is -0.372 e. The van der Waals surface area contributed by atoms with E-state index in [1.165, 1.54) is 18.5 Å². The SMILES string of the molecule is CC(C)=C1C[C@H](C)CN1C(C)C. The summed E-state index contributed by atoms with van der Waals surface area (Å²) in [4.78, 5) is 2.54. The summed E-state index contributed by atoms with van der Waals surface area (Å²) in [6, 6.07) is 0.667. The highest BCUT2D eigenvalue weighted by Crippen LogP contribution is 2.30. The third kappa shape index (κ3) is 1.82. The molecule has 1 fully saturated rings. The monoisotopic (exact) mass is 167 g/mol. The molecule has 0 aromatic heterocycles. The number of rotatable bonds is 1. The van der Waals surface area contributed by atoms with E-state index >= 15 is 0 Å². The van der Waals surface area contributed by atoms with Crippen molar-refractivity contribution in [2.24, 2.45) is 5.92 Å². The summed E-state index contributed by atoms with van der Waals surface area (Å²) < 4.78 is 0. The van der Waals surface area contributed by atoms with E-state index in [-0.39, 0.29) is 0 Å². The molecule has 0 bridgehead atoms. The Bertz CT molecular complexity index is 187.